The number of Topliss-reactive ketones (excluding diaryl/α,β-unsaturated/α-hetero) is 1. The van der Waals surface area contributed by atoms with E-state index in [2.05, 4.69) is 18.7 Å². The van der Waals surface area contributed by atoms with E-state index in [-0.39, 0.29) is 17.4 Å². The quantitative estimate of drug-likeness (QED) is 0.221. The van der Waals surface area contributed by atoms with Gasteiger partial charge in [0.15, 0.2) is 0 Å². The van der Waals surface area contributed by atoms with Crippen molar-refractivity contribution in [3.63, 3.8) is 0 Å². The lowest BCUT2D eigenvalue weighted by molar-refractivity contribution is -0.140. The number of nitrogens with zero attached hydrogens (tertiary/aromatic N) is 2. The fourth-order valence-electron chi connectivity index (χ4n) is 4.58. The first-order chi connectivity index (χ1) is 17.8. The fourth-order valence-corrected chi connectivity index (χ4v) is 4.58. The molecule has 1 aliphatic heterocycles. The van der Waals surface area contributed by atoms with Crippen LogP contribution in [0.25, 0.3) is 5.76 Å². The first kappa shape index (κ1) is 28.3. The standard InChI is InChI=1S/C30H40N2O5/c1-6-19-36-25-12-9-11-23(20-25)27-26(28(33)22-13-15-24(16-14-22)37-21(4)5)29(34)30(35)32(27)18-10-17-31(7-2)8-3/h9,11-16,20-21,27,33H,6-8,10,17-19H2,1-5H3/t27-/m0/s1. The van der Waals surface area contributed by atoms with E-state index >= 15 is 0 Å². The van der Waals surface area contributed by atoms with Gasteiger partial charge in [-0.05, 0) is 88.3 Å². The number of ether oxygens (including phenoxy) is 2. The van der Waals surface area contributed by atoms with E-state index in [0.717, 1.165) is 38.0 Å². The van der Waals surface area contributed by atoms with Crippen molar-refractivity contribution in [1.82, 2.24) is 9.80 Å². The second kappa shape index (κ2) is 13.3. The van der Waals surface area contributed by atoms with Gasteiger partial charge in [0.2, 0.25) is 0 Å². The predicted octanol–water partition coefficient (Wildman–Crippen LogP) is 5.42. The largest absolute Gasteiger partial charge is 0.507 e. The summed E-state index contributed by atoms with van der Waals surface area (Å²) >= 11 is 0. The Balaban J connectivity index is 2.02. The molecule has 0 radical (unpaired) electrons. The molecule has 3 rings (SSSR count). The summed E-state index contributed by atoms with van der Waals surface area (Å²) < 4.78 is 11.5. The summed E-state index contributed by atoms with van der Waals surface area (Å²) in [6.45, 7) is 13.8. The van der Waals surface area contributed by atoms with Crippen molar-refractivity contribution < 1.29 is 24.2 Å². The monoisotopic (exact) mass is 508 g/mol. The van der Waals surface area contributed by atoms with Gasteiger partial charge in [-0.1, -0.05) is 32.9 Å². The molecule has 1 atom stereocenters. The molecule has 37 heavy (non-hydrogen) atoms. The number of rotatable bonds is 13. The van der Waals surface area contributed by atoms with Crippen LogP contribution in [0, 0.1) is 0 Å². The van der Waals surface area contributed by atoms with Crippen LogP contribution in [0.3, 0.4) is 0 Å². The highest BCUT2D eigenvalue weighted by Gasteiger charge is 2.45. The van der Waals surface area contributed by atoms with Crippen molar-refractivity contribution in [2.45, 2.75) is 59.6 Å². The summed E-state index contributed by atoms with van der Waals surface area (Å²) in [5.74, 6) is -0.118. The van der Waals surface area contributed by atoms with E-state index < -0.39 is 17.7 Å². The SMILES string of the molecule is CCCOc1cccc([C@H]2C(=C(O)c3ccc(OC(C)C)cc3)C(=O)C(=O)N2CCCN(CC)CC)c1. The van der Waals surface area contributed by atoms with Crippen LogP contribution in [-0.2, 0) is 9.59 Å². The van der Waals surface area contributed by atoms with Gasteiger partial charge in [-0.3, -0.25) is 9.59 Å². The van der Waals surface area contributed by atoms with Gasteiger partial charge in [0.05, 0.1) is 24.3 Å². The third-order valence-electron chi connectivity index (χ3n) is 6.45. The Kier molecular flexibility index (Phi) is 10.1. The molecule has 1 heterocycles. The highest BCUT2D eigenvalue weighted by molar-refractivity contribution is 6.46. The van der Waals surface area contributed by atoms with Crippen LogP contribution >= 0.6 is 0 Å². The van der Waals surface area contributed by atoms with Crippen molar-refractivity contribution in [2.75, 3.05) is 32.8 Å². The number of hydrogen-bond donors (Lipinski definition) is 1. The van der Waals surface area contributed by atoms with Gasteiger partial charge in [-0.2, -0.15) is 0 Å². The molecular weight excluding hydrogens is 468 g/mol. The number of carbonyl (C=O) groups is 2. The zero-order chi connectivity index (χ0) is 26.9. The van der Waals surface area contributed by atoms with Gasteiger partial charge in [0.25, 0.3) is 11.7 Å². The highest BCUT2D eigenvalue weighted by atomic mass is 16.5. The summed E-state index contributed by atoms with van der Waals surface area (Å²) in [7, 11) is 0. The Hall–Kier alpha value is -3.32. The van der Waals surface area contributed by atoms with Crippen LogP contribution in [0.5, 0.6) is 11.5 Å². The van der Waals surface area contributed by atoms with Crippen molar-refractivity contribution >= 4 is 17.4 Å². The van der Waals surface area contributed by atoms with Crippen molar-refractivity contribution in [1.29, 1.82) is 0 Å². The second-order valence-electron chi connectivity index (χ2n) is 9.48. The number of amides is 1. The van der Waals surface area contributed by atoms with E-state index in [1.165, 1.54) is 0 Å². The zero-order valence-electron chi connectivity index (χ0n) is 22.7. The summed E-state index contributed by atoms with van der Waals surface area (Å²) in [4.78, 5) is 30.4. The molecule has 1 amide bonds. The second-order valence-corrected chi connectivity index (χ2v) is 9.48. The average molecular weight is 509 g/mol. The lowest BCUT2D eigenvalue weighted by Crippen LogP contribution is -2.33. The Labute approximate surface area is 220 Å². The number of ketones is 1. The minimum atomic E-state index is -0.700. The maximum absolute atomic E-state index is 13.3. The third kappa shape index (κ3) is 6.92. The minimum Gasteiger partial charge on any atom is -0.507 e. The van der Waals surface area contributed by atoms with Gasteiger partial charge in [-0.15, -0.1) is 0 Å². The number of benzene rings is 2. The van der Waals surface area contributed by atoms with E-state index in [1.54, 1.807) is 29.2 Å². The van der Waals surface area contributed by atoms with Crippen LogP contribution in [-0.4, -0.2) is 65.5 Å². The Morgan fingerprint density at radius 2 is 1.73 bits per heavy atom. The molecule has 2 aromatic carbocycles. The summed E-state index contributed by atoms with van der Waals surface area (Å²) in [5.41, 5.74) is 1.29. The molecule has 2 aromatic rings. The van der Waals surface area contributed by atoms with E-state index in [0.29, 0.717) is 30.2 Å². The van der Waals surface area contributed by atoms with Crippen LogP contribution in [0.4, 0.5) is 0 Å². The van der Waals surface area contributed by atoms with E-state index in [4.69, 9.17) is 9.47 Å². The van der Waals surface area contributed by atoms with Gasteiger partial charge in [-0.25, -0.2) is 0 Å². The summed E-state index contributed by atoms with van der Waals surface area (Å²) in [6.07, 6.45) is 1.60. The number of carbonyl (C=O) groups excluding carboxylic acids is 2. The Bertz CT molecular complexity index is 1090. The lowest BCUT2D eigenvalue weighted by atomic mass is 9.95. The lowest BCUT2D eigenvalue weighted by Gasteiger charge is -2.27. The zero-order valence-corrected chi connectivity index (χ0v) is 22.7. The molecular formula is C30H40N2O5. The van der Waals surface area contributed by atoms with E-state index in [9.17, 15) is 14.7 Å². The molecule has 1 fully saturated rings. The maximum atomic E-state index is 13.3. The maximum Gasteiger partial charge on any atom is 0.295 e. The molecule has 0 spiro atoms. The molecule has 1 N–H and O–H groups in total. The predicted molar refractivity (Wildman–Crippen MR) is 146 cm³/mol. The van der Waals surface area contributed by atoms with Crippen LogP contribution in [0.1, 0.15) is 64.6 Å². The topological polar surface area (TPSA) is 79.3 Å². The van der Waals surface area contributed by atoms with Gasteiger partial charge >= 0.3 is 0 Å². The van der Waals surface area contributed by atoms with Gasteiger partial charge < -0.3 is 24.4 Å². The van der Waals surface area contributed by atoms with Crippen molar-refractivity contribution in [3.05, 3.63) is 65.2 Å². The third-order valence-corrected chi connectivity index (χ3v) is 6.45. The smallest absolute Gasteiger partial charge is 0.295 e. The molecule has 7 heteroatoms. The molecule has 7 nitrogen and oxygen atoms in total. The van der Waals surface area contributed by atoms with Gasteiger partial charge in [0.1, 0.15) is 17.3 Å². The number of aliphatic hydroxyl groups is 1. The minimum absolute atomic E-state index is 0.0170. The first-order valence-electron chi connectivity index (χ1n) is 13.3. The average Bonchev–Trinajstić information content (AvgIpc) is 3.15. The van der Waals surface area contributed by atoms with E-state index in [1.807, 2.05) is 45.0 Å². The Morgan fingerprint density at radius 1 is 1.03 bits per heavy atom. The molecule has 0 saturated carbocycles. The molecule has 0 unspecified atom stereocenters. The van der Waals surface area contributed by atoms with Crippen LogP contribution in [0.15, 0.2) is 54.1 Å². The van der Waals surface area contributed by atoms with Crippen LogP contribution in [0.2, 0.25) is 0 Å². The number of hydrogen-bond acceptors (Lipinski definition) is 6. The molecule has 0 bridgehead atoms. The number of likely N-dealkylation sites (tertiary alicyclic amines) is 1. The van der Waals surface area contributed by atoms with Crippen molar-refractivity contribution in [3.8, 4) is 11.5 Å². The van der Waals surface area contributed by atoms with Crippen molar-refractivity contribution in [2.24, 2.45) is 0 Å². The molecule has 0 aliphatic carbocycles. The summed E-state index contributed by atoms with van der Waals surface area (Å²) in [5, 5.41) is 11.3. The molecule has 0 aromatic heterocycles. The normalized spacial score (nSPS) is 17.2. The van der Waals surface area contributed by atoms with Crippen LogP contribution < -0.4 is 9.47 Å². The first-order valence-corrected chi connectivity index (χ1v) is 13.3. The molecule has 1 aliphatic rings. The van der Waals surface area contributed by atoms with Gasteiger partial charge in [0, 0.05) is 12.1 Å². The summed E-state index contributed by atoms with van der Waals surface area (Å²) in [6, 6.07) is 13.7. The molecule has 1 saturated heterocycles. The highest BCUT2D eigenvalue weighted by Crippen LogP contribution is 2.40. The fraction of sp³-hybridized carbons (Fsp3) is 0.467. The Morgan fingerprint density at radius 3 is 2.35 bits per heavy atom. The number of aliphatic hydroxyl groups excluding tert-OH is 1. The molecule has 200 valence electrons.